The summed E-state index contributed by atoms with van der Waals surface area (Å²) in [5.41, 5.74) is 8.06. The highest BCUT2D eigenvalue weighted by atomic mass is 127. The Balaban J connectivity index is 0.00000225. The molecule has 0 bridgehead atoms. The van der Waals surface area contributed by atoms with Crippen LogP contribution in [-0.2, 0) is 0 Å². The Labute approximate surface area is 169 Å². The summed E-state index contributed by atoms with van der Waals surface area (Å²) in [6.07, 6.45) is 0.996. The number of benzene rings is 2. The SMILES string of the molecule is COc1ccc(NC(N)=N[C@@H]2C[C@H]2c2ccc(Cl)cc2)cc1OC.I. The number of nitrogens with one attached hydrogen (secondary N) is 1. The van der Waals surface area contributed by atoms with Gasteiger partial charge in [0, 0.05) is 22.7 Å². The summed E-state index contributed by atoms with van der Waals surface area (Å²) in [5, 5.41) is 3.84. The van der Waals surface area contributed by atoms with Crippen LogP contribution >= 0.6 is 35.6 Å². The molecular formula is C18H21ClIN3O2. The van der Waals surface area contributed by atoms with Gasteiger partial charge in [-0.1, -0.05) is 23.7 Å². The molecule has 0 aromatic heterocycles. The van der Waals surface area contributed by atoms with E-state index in [1.165, 1.54) is 5.56 Å². The highest BCUT2D eigenvalue weighted by molar-refractivity contribution is 14.0. The molecule has 1 aliphatic rings. The zero-order chi connectivity index (χ0) is 17.1. The summed E-state index contributed by atoms with van der Waals surface area (Å²) in [7, 11) is 3.20. The Kier molecular flexibility index (Phi) is 6.78. The first-order valence-electron chi connectivity index (χ1n) is 7.68. The molecule has 1 fully saturated rings. The fraction of sp³-hybridized carbons (Fsp3) is 0.278. The Bertz CT molecular complexity index is 752. The lowest BCUT2D eigenvalue weighted by atomic mass is 10.1. The summed E-state index contributed by atoms with van der Waals surface area (Å²) < 4.78 is 10.5. The number of nitrogens with two attached hydrogens (primary N) is 1. The molecule has 0 unspecified atom stereocenters. The molecule has 0 spiro atoms. The van der Waals surface area contributed by atoms with E-state index in [0.717, 1.165) is 17.1 Å². The summed E-state index contributed by atoms with van der Waals surface area (Å²) in [4.78, 5) is 4.54. The van der Waals surface area contributed by atoms with Crippen molar-refractivity contribution in [1.82, 2.24) is 0 Å². The van der Waals surface area contributed by atoms with Crippen molar-refractivity contribution in [3.8, 4) is 11.5 Å². The van der Waals surface area contributed by atoms with Crippen molar-refractivity contribution in [3.05, 3.63) is 53.1 Å². The lowest BCUT2D eigenvalue weighted by molar-refractivity contribution is 0.355. The number of aliphatic imine (C=N–C) groups is 1. The molecule has 134 valence electrons. The highest BCUT2D eigenvalue weighted by Gasteiger charge is 2.38. The Morgan fingerprint density at radius 2 is 1.80 bits per heavy atom. The summed E-state index contributed by atoms with van der Waals surface area (Å²) in [5.74, 6) is 2.11. The Morgan fingerprint density at radius 3 is 2.44 bits per heavy atom. The number of guanidine groups is 1. The van der Waals surface area contributed by atoms with Gasteiger partial charge in [-0.05, 0) is 36.2 Å². The normalized spacial score (nSPS) is 18.9. The maximum Gasteiger partial charge on any atom is 0.193 e. The Hall–Kier alpha value is -1.67. The predicted octanol–water partition coefficient (Wildman–Crippen LogP) is 4.26. The van der Waals surface area contributed by atoms with Crippen molar-refractivity contribution in [3.63, 3.8) is 0 Å². The monoisotopic (exact) mass is 473 g/mol. The number of halogens is 2. The quantitative estimate of drug-likeness (QED) is 0.387. The molecule has 1 saturated carbocycles. The second-order valence-electron chi connectivity index (χ2n) is 5.67. The average Bonchev–Trinajstić information content (AvgIpc) is 3.34. The van der Waals surface area contributed by atoms with Crippen LogP contribution in [0.5, 0.6) is 11.5 Å². The van der Waals surface area contributed by atoms with Crippen LogP contribution in [0.4, 0.5) is 5.69 Å². The van der Waals surface area contributed by atoms with Crippen molar-refractivity contribution in [2.24, 2.45) is 10.7 Å². The maximum absolute atomic E-state index is 6.02. The van der Waals surface area contributed by atoms with Gasteiger partial charge in [0.1, 0.15) is 0 Å². The second kappa shape index (κ2) is 8.62. The molecule has 0 radical (unpaired) electrons. The van der Waals surface area contributed by atoms with E-state index in [-0.39, 0.29) is 30.0 Å². The zero-order valence-electron chi connectivity index (χ0n) is 14.0. The van der Waals surface area contributed by atoms with E-state index in [4.69, 9.17) is 26.8 Å². The van der Waals surface area contributed by atoms with Crippen molar-refractivity contribution in [1.29, 1.82) is 0 Å². The second-order valence-corrected chi connectivity index (χ2v) is 6.11. The predicted molar refractivity (Wildman–Crippen MR) is 113 cm³/mol. The molecule has 2 aromatic rings. The van der Waals surface area contributed by atoms with Crippen LogP contribution in [0.1, 0.15) is 17.9 Å². The molecule has 0 aliphatic heterocycles. The van der Waals surface area contributed by atoms with Crippen LogP contribution in [0.2, 0.25) is 5.02 Å². The van der Waals surface area contributed by atoms with Crippen LogP contribution < -0.4 is 20.5 Å². The van der Waals surface area contributed by atoms with Crippen molar-refractivity contribution in [2.45, 2.75) is 18.4 Å². The number of rotatable bonds is 5. The molecule has 7 heteroatoms. The van der Waals surface area contributed by atoms with E-state index < -0.39 is 0 Å². The maximum atomic E-state index is 6.02. The molecule has 1 aliphatic carbocycles. The van der Waals surface area contributed by atoms with Crippen LogP contribution in [0, 0.1) is 0 Å². The van der Waals surface area contributed by atoms with Gasteiger partial charge in [-0.25, -0.2) is 4.99 Å². The van der Waals surface area contributed by atoms with Gasteiger partial charge in [0.25, 0.3) is 0 Å². The third kappa shape index (κ3) is 4.92. The molecule has 5 nitrogen and oxygen atoms in total. The van der Waals surface area contributed by atoms with Crippen LogP contribution in [0.15, 0.2) is 47.5 Å². The number of ether oxygens (including phenoxy) is 2. The topological polar surface area (TPSA) is 68.9 Å². The summed E-state index contributed by atoms with van der Waals surface area (Å²) in [6.45, 7) is 0. The minimum Gasteiger partial charge on any atom is -0.493 e. The number of hydrogen-bond acceptors (Lipinski definition) is 3. The summed E-state index contributed by atoms with van der Waals surface area (Å²) in [6, 6.07) is 13.6. The number of hydrogen-bond donors (Lipinski definition) is 2. The molecule has 0 saturated heterocycles. The van der Waals surface area contributed by atoms with Gasteiger partial charge < -0.3 is 20.5 Å². The van der Waals surface area contributed by atoms with Gasteiger partial charge in [0.2, 0.25) is 0 Å². The largest absolute Gasteiger partial charge is 0.493 e. The van der Waals surface area contributed by atoms with Crippen molar-refractivity contribution >= 4 is 47.2 Å². The first-order valence-corrected chi connectivity index (χ1v) is 8.06. The first-order chi connectivity index (χ1) is 11.6. The standard InChI is InChI=1S/C18H20ClN3O2.HI/c1-23-16-8-7-13(9-17(16)24-2)21-18(20)22-15-10-14(15)11-3-5-12(19)6-4-11;/h3-9,14-15H,10H2,1-2H3,(H3,20,21,22);1H/t14-,15+;/m0./s1. The van der Waals surface area contributed by atoms with E-state index in [1.807, 2.05) is 42.5 Å². The van der Waals surface area contributed by atoms with Crippen LogP contribution in [0.25, 0.3) is 0 Å². The van der Waals surface area contributed by atoms with E-state index >= 15 is 0 Å². The minimum absolute atomic E-state index is 0. The number of nitrogens with zero attached hydrogens (tertiary/aromatic N) is 1. The zero-order valence-corrected chi connectivity index (χ0v) is 17.1. The third-order valence-electron chi connectivity index (χ3n) is 4.02. The average molecular weight is 474 g/mol. The molecular weight excluding hydrogens is 453 g/mol. The molecule has 3 rings (SSSR count). The van der Waals surface area contributed by atoms with Gasteiger partial charge in [0.05, 0.1) is 20.3 Å². The van der Waals surface area contributed by atoms with E-state index in [2.05, 4.69) is 10.3 Å². The van der Waals surface area contributed by atoms with Gasteiger partial charge in [-0.2, -0.15) is 0 Å². The number of methoxy groups -OCH3 is 2. The molecule has 3 N–H and O–H groups in total. The van der Waals surface area contributed by atoms with Crippen LogP contribution in [-0.4, -0.2) is 26.2 Å². The third-order valence-corrected chi connectivity index (χ3v) is 4.27. The highest BCUT2D eigenvalue weighted by Crippen LogP contribution is 2.43. The van der Waals surface area contributed by atoms with Crippen molar-refractivity contribution < 1.29 is 9.47 Å². The van der Waals surface area contributed by atoms with Crippen LogP contribution in [0.3, 0.4) is 0 Å². The van der Waals surface area contributed by atoms with E-state index in [1.54, 1.807) is 14.2 Å². The molecule has 2 atom stereocenters. The minimum atomic E-state index is 0. The fourth-order valence-corrected chi connectivity index (χ4v) is 2.79. The smallest absolute Gasteiger partial charge is 0.193 e. The molecule has 0 heterocycles. The fourth-order valence-electron chi connectivity index (χ4n) is 2.67. The first kappa shape index (κ1) is 19.7. The molecule has 0 amide bonds. The molecule has 2 aromatic carbocycles. The summed E-state index contributed by atoms with van der Waals surface area (Å²) >= 11 is 5.92. The van der Waals surface area contributed by atoms with E-state index in [0.29, 0.717) is 23.4 Å². The lowest BCUT2D eigenvalue weighted by Crippen LogP contribution is -2.23. The lowest BCUT2D eigenvalue weighted by Gasteiger charge is -2.11. The van der Waals surface area contributed by atoms with Gasteiger partial charge in [-0.15, -0.1) is 24.0 Å². The van der Waals surface area contributed by atoms with E-state index in [9.17, 15) is 0 Å². The Morgan fingerprint density at radius 1 is 1.12 bits per heavy atom. The van der Waals surface area contributed by atoms with Crippen molar-refractivity contribution in [2.75, 3.05) is 19.5 Å². The van der Waals surface area contributed by atoms with Gasteiger partial charge in [-0.3, -0.25) is 0 Å². The van der Waals surface area contributed by atoms with Gasteiger partial charge >= 0.3 is 0 Å². The number of anilines is 1. The molecule has 25 heavy (non-hydrogen) atoms. The van der Waals surface area contributed by atoms with Gasteiger partial charge in [0.15, 0.2) is 17.5 Å².